The minimum Gasteiger partial charge on any atom is -0.477 e. The number of nitrogens with one attached hydrogen (secondary N) is 1. The van der Waals surface area contributed by atoms with Crippen LogP contribution in [0.15, 0.2) is 42.6 Å². The van der Waals surface area contributed by atoms with Crippen molar-refractivity contribution in [1.82, 2.24) is 4.98 Å². The number of hydrogen-bond acceptors (Lipinski definition) is 5. The predicted octanol–water partition coefficient (Wildman–Crippen LogP) is 2.66. The number of carbonyl (C=O) groups excluding carboxylic acids is 1. The highest BCUT2D eigenvalue weighted by Crippen LogP contribution is 2.25. The molecule has 0 aliphatic rings. The van der Waals surface area contributed by atoms with Crippen LogP contribution in [0.2, 0.25) is 5.15 Å². The summed E-state index contributed by atoms with van der Waals surface area (Å²) in [6.07, 6.45) is 1.39. The van der Waals surface area contributed by atoms with Crippen LogP contribution in [0, 0.1) is 10.1 Å². The van der Waals surface area contributed by atoms with Gasteiger partial charge in [-0.25, -0.2) is 4.98 Å². The largest absolute Gasteiger partial charge is 0.477 e. The van der Waals surface area contributed by atoms with E-state index in [2.05, 4.69) is 10.3 Å². The minimum absolute atomic E-state index is 0.0341. The summed E-state index contributed by atoms with van der Waals surface area (Å²) in [4.78, 5) is 25.7. The molecule has 0 fully saturated rings. The van der Waals surface area contributed by atoms with Gasteiger partial charge in [0.2, 0.25) is 0 Å². The van der Waals surface area contributed by atoms with Crippen LogP contribution < -0.4 is 10.1 Å². The van der Waals surface area contributed by atoms with E-state index < -0.39 is 10.8 Å². The molecule has 0 unspecified atom stereocenters. The van der Waals surface area contributed by atoms with Gasteiger partial charge >= 0.3 is 5.69 Å². The molecule has 8 heteroatoms. The third kappa shape index (κ3) is 4.15. The predicted molar refractivity (Wildman–Crippen MR) is 76.5 cm³/mol. The smallest absolute Gasteiger partial charge is 0.310 e. The number of ether oxygens (including phenoxy) is 1. The first kappa shape index (κ1) is 14.7. The number of hydrogen-bond donors (Lipinski definition) is 1. The van der Waals surface area contributed by atoms with Crippen molar-refractivity contribution < 1.29 is 14.5 Å². The maximum atomic E-state index is 11.7. The number of amides is 1. The molecule has 21 heavy (non-hydrogen) atoms. The van der Waals surface area contributed by atoms with Crippen molar-refractivity contribution in [3.8, 4) is 5.75 Å². The number of benzene rings is 1. The molecule has 1 aromatic heterocycles. The number of para-hydroxylation sites is 2. The SMILES string of the molecule is O=C(COc1ccccc1[N+](=O)[O-])Nc1ccc(Cl)nc1. The molecule has 0 bridgehead atoms. The van der Waals surface area contributed by atoms with E-state index in [1.54, 1.807) is 12.1 Å². The van der Waals surface area contributed by atoms with Gasteiger partial charge in [0.05, 0.1) is 16.8 Å². The van der Waals surface area contributed by atoms with E-state index in [-0.39, 0.29) is 18.0 Å². The molecule has 1 aromatic carbocycles. The quantitative estimate of drug-likeness (QED) is 0.520. The van der Waals surface area contributed by atoms with Crippen LogP contribution in [0.1, 0.15) is 0 Å². The van der Waals surface area contributed by atoms with Crippen LogP contribution in [0.3, 0.4) is 0 Å². The fourth-order valence-electron chi connectivity index (χ4n) is 1.52. The Labute approximate surface area is 124 Å². The minimum atomic E-state index is -0.573. The Kier molecular flexibility index (Phi) is 4.68. The Morgan fingerprint density at radius 3 is 2.76 bits per heavy atom. The van der Waals surface area contributed by atoms with E-state index in [1.807, 2.05) is 0 Å². The van der Waals surface area contributed by atoms with E-state index >= 15 is 0 Å². The second-order valence-corrected chi connectivity index (χ2v) is 4.32. The van der Waals surface area contributed by atoms with E-state index in [4.69, 9.17) is 16.3 Å². The molecule has 0 atom stereocenters. The normalized spacial score (nSPS) is 9.95. The molecule has 7 nitrogen and oxygen atoms in total. The lowest BCUT2D eigenvalue weighted by Gasteiger charge is -2.07. The van der Waals surface area contributed by atoms with Gasteiger partial charge < -0.3 is 10.1 Å². The van der Waals surface area contributed by atoms with Crippen LogP contribution in [0.25, 0.3) is 0 Å². The first-order valence-corrected chi connectivity index (χ1v) is 6.21. The Balaban J connectivity index is 1.95. The average Bonchev–Trinajstić information content (AvgIpc) is 2.48. The summed E-state index contributed by atoms with van der Waals surface area (Å²) in [5.74, 6) is -0.427. The van der Waals surface area contributed by atoms with Gasteiger partial charge in [0.1, 0.15) is 5.15 Å². The van der Waals surface area contributed by atoms with Crippen molar-refractivity contribution >= 4 is 28.9 Å². The van der Waals surface area contributed by atoms with Gasteiger partial charge in [-0.2, -0.15) is 0 Å². The first-order valence-electron chi connectivity index (χ1n) is 5.84. The lowest BCUT2D eigenvalue weighted by atomic mass is 10.3. The summed E-state index contributed by atoms with van der Waals surface area (Å²) in [6, 6.07) is 8.94. The van der Waals surface area contributed by atoms with Gasteiger partial charge in [-0.15, -0.1) is 0 Å². The van der Waals surface area contributed by atoms with E-state index in [0.29, 0.717) is 10.8 Å². The Bertz CT molecular complexity index is 661. The van der Waals surface area contributed by atoms with E-state index in [0.717, 1.165) is 0 Å². The number of pyridine rings is 1. The van der Waals surface area contributed by atoms with Crippen molar-refractivity contribution in [1.29, 1.82) is 0 Å². The first-order chi connectivity index (χ1) is 10.1. The van der Waals surface area contributed by atoms with Gasteiger partial charge in [-0.3, -0.25) is 14.9 Å². The van der Waals surface area contributed by atoms with Crippen molar-refractivity contribution in [3.63, 3.8) is 0 Å². The zero-order valence-corrected chi connectivity index (χ0v) is 11.4. The number of anilines is 1. The van der Waals surface area contributed by atoms with Crippen molar-refractivity contribution in [2.45, 2.75) is 0 Å². The van der Waals surface area contributed by atoms with Crippen molar-refractivity contribution in [3.05, 3.63) is 57.9 Å². The lowest BCUT2D eigenvalue weighted by Crippen LogP contribution is -2.20. The van der Waals surface area contributed by atoms with Crippen LogP contribution in [0.4, 0.5) is 11.4 Å². The maximum absolute atomic E-state index is 11.7. The second kappa shape index (κ2) is 6.67. The number of nitro benzene ring substituents is 1. The van der Waals surface area contributed by atoms with Crippen LogP contribution in [0.5, 0.6) is 5.75 Å². The molecule has 1 heterocycles. The van der Waals surface area contributed by atoms with Crippen LogP contribution >= 0.6 is 11.6 Å². The molecule has 0 saturated heterocycles. The van der Waals surface area contributed by atoms with Gasteiger partial charge in [-0.1, -0.05) is 23.7 Å². The Hall–Kier alpha value is -2.67. The fraction of sp³-hybridized carbons (Fsp3) is 0.0769. The second-order valence-electron chi connectivity index (χ2n) is 3.93. The summed E-state index contributed by atoms with van der Waals surface area (Å²) in [6.45, 7) is -0.354. The monoisotopic (exact) mass is 307 g/mol. The zero-order chi connectivity index (χ0) is 15.2. The molecular weight excluding hydrogens is 298 g/mol. The standard InChI is InChI=1S/C13H10ClN3O4/c14-12-6-5-9(7-15-12)16-13(18)8-21-11-4-2-1-3-10(11)17(19)20/h1-7H,8H2,(H,16,18). The molecule has 2 rings (SSSR count). The maximum Gasteiger partial charge on any atom is 0.310 e. The Morgan fingerprint density at radius 1 is 1.33 bits per heavy atom. The Morgan fingerprint density at radius 2 is 2.10 bits per heavy atom. The van der Waals surface area contributed by atoms with Crippen molar-refractivity contribution in [2.75, 3.05) is 11.9 Å². The lowest BCUT2D eigenvalue weighted by molar-refractivity contribution is -0.385. The molecular formula is C13H10ClN3O4. The summed E-state index contributed by atoms with van der Waals surface area (Å²) in [5.41, 5.74) is 0.258. The summed E-state index contributed by atoms with van der Waals surface area (Å²) in [7, 11) is 0. The van der Waals surface area contributed by atoms with Gasteiger partial charge in [0.25, 0.3) is 5.91 Å². The van der Waals surface area contributed by atoms with E-state index in [1.165, 1.54) is 30.5 Å². The molecule has 1 amide bonds. The number of aromatic nitrogens is 1. The molecule has 2 aromatic rings. The highest BCUT2D eigenvalue weighted by molar-refractivity contribution is 6.29. The van der Waals surface area contributed by atoms with Crippen molar-refractivity contribution in [2.24, 2.45) is 0 Å². The average molecular weight is 308 g/mol. The zero-order valence-electron chi connectivity index (χ0n) is 10.7. The number of nitrogens with zero attached hydrogens (tertiary/aromatic N) is 2. The third-order valence-electron chi connectivity index (χ3n) is 2.43. The summed E-state index contributed by atoms with van der Waals surface area (Å²) < 4.78 is 5.16. The number of carbonyl (C=O) groups is 1. The van der Waals surface area contributed by atoms with E-state index in [9.17, 15) is 14.9 Å². The van der Waals surface area contributed by atoms with Crippen LogP contribution in [-0.2, 0) is 4.79 Å². The van der Waals surface area contributed by atoms with Gasteiger partial charge in [0.15, 0.2) is 12.4 Å². The summed E-state index contributed by atoms with van der Waals surface area (Å²) in [5, 5.41) is 13.6. The fourth-order valence-corrected chi connectivity index (χ4v) is 1.63. The highest BCUT2D eigenvalue weighted by Gasteiger charge is 2.14. The number of rotatable bonds is 5. The molecule has 0 aliphatic heterocycles. The number of halogens is 1. The molecule has 0 spiro atoms. The van der Waals surface area contributed by atoms with Crippen LogP contribution in [-0.4, -0.2) is 22.4 Å². The molecule has 1 N–H and O–H groups in total. The molecule has 0 radical (unpaired) electrons. The summed E-state index contributed by atoms with van der Waals surface area (Å²) >= 11 is 5.62. The third-order valence-corrected chi connectivity index (χ3v) is 2.66. The molecule has 0 saturated carbocycles. The highest BCUT2D eigenvalue weighted by atomic mass is 35.5. The van der Waals surface area contributed by atoms with Gasteiger partial charge in [-0.05, 0) is 18.2 Å². The number of nitro groups is 1. The topological polar surface area (TPSA) is 94.4 Å². The molecule has 108 valence electrons. The molecule has 0 aliphatic carbocycles. The van der Waals surface area contributed by atoms with Gasteiger partial charge in [0, 0.05) is 6.07 Å².